The molecule has 0 aliphatic carbocycles. The van der Waals surface area contributed by atoms with Crippen molar-refractivity contribution in [3.05, 3.63) is 12.2 Å². The fourth-order valence-corrected chi connectivity index (χ4v) is 1.44. The minimum atomic E-state index is -0.112. The summed E-state index contributed by atoms with van der Waals surface area (Å²) in [5.41, 5.74) is 0.958. The second kappa shape index (κ2) is 5.12. The zero-order valence-corrected chi connectivity index (χ0v) is 8.80. The molecule has 2 N–H and O–H groups in total. The standard InChI is InChI=1S/C10H18N2O2/c1-7(2)5-12-10(13)9-4-8(14-3)6-11-9/h8-9,11H,1,4-6H2,2-3H3,(H,12,13). The van der Waals surface area contributed by atoms with Gasteiger partial charge in [0.2, 0.25) is 5.91 Å². The van der Waals surface area contributed by atoms with Crippen LogP contribution in [0.3, 0.4) is 0 Å². The monoisotopic (exact) mass is 198 g/mol. The van der Waals surface area contributed by atoms with Crippen molar-refractivity contribution in [3.63, 3.8) is 0 Å². The van der Waals surface area contributed by atoms with Gasteiger partial charge in [-0.05, 0) is 13.3 Å². The SMILES string of the molecule is C=C(C)CNC(=O)C1CC(OC)CN1. The van der Waals surface area contributed by atoms with Crippen LogP contribution in [0.25, 0.3) is 0 Å². The molecule has 1 saturated heterocycles. The predicted octanol–water partition coefficient (Wildman–Crippen LogP) is 0.0556. The number of carbonyl (C=O) groups excluding carboxylic acids is 1. The smallest absolute Gasteiger partial charge is 0.237 e. The largest absolute Gasteiger partial charge is 0.380 e. The summed E-state index contributed by atoms with van der Waals surface area (Å²) in [5.74, 6) is 0.0348. The van der Waals surface area contributed by atoms with Crippen LogP contribution in [0.5, 0.6) is 0 Å². The third kappa shape index (κ3) is 3.12. The molecule has 80 valence electrons. The van der Waals surface area contributed by atoms with E-state index in [4.69, 9.17) is 4.74 Å². The molecule has 4 nitrogen and oxygen atoms in total. The van der Waals surface area contributed by atoms with E-state index in [-0.39, 0.29) is 18.1 Å². The molecule has 2 atom stereocenters. The van der Waals surface area contributed by atoms with E-state index in [2.05, 4.69) is 17.2 Å². The molecule has 1 aliphatic rings. The van der Waals surface area contributed by atoms with Crippen molar-refractivity contribution in [2.75, 3.05) is 20.2 Å². The van der Waals surface area contributed by atoms with Crippen LogP contribution in [-0.2, 0) is 9.53 Å². The molecule has 1 aliphatic heterocycles. The number of methoxy groups -OCH3 is 1. The van der Waals surface area contributed by atoms with Gasteiger partial charge in [-0.15, -0.1) is 0 Å². The van der Waals surface area contributed by atoms with Gasteiger partial charge < -0.3 is 15.4 Å². The molecule has 1 rings (SSSR count). The maximum Gasteiger partial charge on any atom is 0.237 e. The summed E-state index contributed by atoms with van der Waals surface area (Å²) in [5, 5.41) is 5.93. The third-order valence-corrected chi connectivity index (χ3v) is 2.30. The van der Waals surface area contributed by atoms with Crippen LogP contribution in [0.4, 0.5) is 0 Å². The molecule has 4 heteroatoms. The minimum Gasteiger partial charge on any atom is -0.380 e. The van der Waals surface area contributed by atoms with E-state index in [0.29, 0.717) is 6.54 Å². The van der Waals surface area contributed by atoms with E-state index in [1.807, 2.05) is 6.92 Å². The van der Waals surface area contributed by atoms with Crippen molar-refractivity contribution in [2.45, 2.75) is 25.5 Å². The molecule has 0 aromatic heterocycles. The summed E-state index contributed by atoms with van der Waals surface area (Å²) in [4.78, 5) is 11.5. The highest BCUT2D eigenvalue weighted by molar-refractivity contribution is 5.82. The summed E-state index contributed by atoms with van der Waals surface area (Å²) in [6.45, 7) is 6.92. The minimum absolute atomic E-state index is 0.0348. The summed E-state index contributed by atoms with van der Waals surface area (Å²) in [7, 11) is 1.67. The summed E-state index contributed by atoms with van der Waals surface area (Å²) >= 11 is 0. The van der Waals surface area contributed by atoms with Crippen molar-refractivity contribution in [1.29, 1.82) is 0 Å². The molecular formula is C10H18N2O2. The number of rotatable bonds is 4. The van der Waals surface area contributed by atoms with E-state index in [1.54, 1.807) is 7.11 Å². The van der Waals surface area contributed by atoms with Crippen molar-refractivity contribution >= 4 is 5.91 Å². The number of nitrogens with one attached hydrogen (secondary N) is 2. The van der Waals surface area contributed by atoms with Crippen molar-refractivity contribution in [1.82, 2.24) is 10.6 Å². The first-order chi connectivity index (χ1) is 6.63. The molecule has 1 heterocycles. The molecular weight excluding hydrogens is 180 g/mol. The molecule has 0 saturated carbocycles. The van der Waals surface area contributed by atoms with Gasteiger partial charge in [0, 0.05) is 20.2 Å². The van der Waals surface area contributed by atoms with E-state index >= 15 is 0 Å². The Labute approximate surface area is 84.7 Å². The molecule has 1 fully saturated rings. The highest BCUT2D eigenvalue weighted by Crippen LogP contribution is 2.09. The molecule has 14 heavy (non-hydrogen) atoms. The second-order valence-corrected chi connectivity index (χ2v) is 3.73. The van der Waals surface area contributed by atoms with Gasteiger partial charge in [-0.2, -0.15) is 0 Å². The maximum atomic E-state index is 11.5. The number of hydrogen-bond donors (Lipinski definition) is 2. The van der Waals surface area contributed by atoms with Crippen LogP contribution in [0.2, 0.25) is 0 Å². The number of hydrogen-bond acceptors (Lipinski definition) is 3. The van der Waals surface area contributed by atoms with Crippen LogP contribution >= 0.6 is 0 Å². The zero-order chi connectivity index (χ0) is 10.6. The van der Waals surface area contributed by atoms with Crippen LogP contribution < -0.4 is 10.6 Å². The van der Waals surface area contributed by atoms with Gasteiger partial charge in [-0.1, -0.05) is 12.2 Å². The van der Waals surface area contributed by atoms with Gasteiger partial charge in [0.15, 0.2) is 0 Å². The first-order valence-corrected chi connectivity index (χ1v) is 4.81. The lowest BCUT2D eigenvalue weighted by Gasteiger charge is -2.10. The van der Waals surface area contributed by atoms with Crippen molar-refractivity contribution in [3.8, 4) is 0 Å². The predicted molar refractivity (Wildman–Crippen MR) is 55.0 cm³/mol. The molecule has 0 bridgehead atoms. The fraction of sp³-hybridized carbons (Fsp3) is 0.700. The third-order valence-electron chi connectivity index (χ3n) is 2.30. The molecule has 0 aromatic rings. The van der Waals surface area contributed by atoms with Gasteiger partial charge in [0.05, 0.1) is 12.1 Å². The molecule has 2 unspecified atom stereocenters. The lowest BCUT2D eigenvalue weighted by molar-refractivity contribution is -0.122. The Kier molecular flexibility index (Phi) is 4.10. The summed E-state index contributed by atoms with van der Waals surface area (Å²) in [6.07, 6.45) is 0.911. The Bertz CT molecular complexity index is 228. The topological polar surface area (TPSA) is 50.4 Å². The van der Waals surface area contributed by atoms with Crippen LogP contribution in [0, 0.1) is 0 Å². The number of ether oxygens (including phenoxy) is 1. The number of amides is 1. The second-order valence-electron chi connectivity index (χ2n) is 3.73. The average Bonchev–Trinajstić information content (AvgIpc) is 2.62. The van der Waals surface area contributed by atoms with Gasteiger partial charge in [0.1, 0.15) is 0 Å². The Morgan fingerprint density at radius 1 is 1.71 bits per heavy atom. The molecule has 1 amide bonds. The van der Waals surface area contributed by atoms with E-state index in [1.165, 1.54) is 0 Å². The van der Waals surface area contributed by atoms with E-state index in [9.17, 15) is 4.79 Å². The zero-order valence-electron chi connectivity index (χ0n) is 8.80. The highest BCUT2D eigenvalue weighted by Gasteiger charge is 2.28. The Morgan fingerprint density at radius 3 is 2.93 bits per heavy atom. The fourth-order valence-electron chi connectivity index (χ4n) is 1.44. The molecule has 0 spiro atoms. The van der Waals surface area contributed by atoms with Crippen LogP contribution in [0.1, 0.15) is 13.3 Å². The Morgan fingerprint density at radius 2 is 2.43 bits per heavy atom. The van der Waals surface area contributed by atoms with Gasteiger partial charge in [-0.3, -0.25) is 4.79 Å². The number of carbonyl (C=O) groups is 1. The Hall–Kier alpha value is -0.870. The summed E-state index contributed by atoms with van der Waals surface area (Å²) < 4.78 is 5.16. The molecule has 0 radical (unpaired) electrons. The van der Waals surface area contributed by atoms with Crippen LogP contribution in [0.15, 0.2) is 12.2 Å². The van der Waals surface area contributed by atoms with Gasteiger partial charge in [-0.25, -0.2) is 0 Å². The van der Waals surface area contributed by atoms with E-state index < -0.39 is 0 Å². The maximum absolute atomic E-state index is 11.5. The normalized spacial score (nSPS) is 26.1. The lowest BCUT2D eigenvalue weighted by atomic mass is 10.2. The van der Waals surface area contributed by atoms with Gasteiger partial charge >= 0.3 is 0 Å². The first-order valence-electron chi connectivity index (χ1n) is 4.81. The highest BCUT2D eigenvalue weighted by atomic mass is 16.5. The molecule has 0 aromatic carbocycles. The Balaban J connectivity index is 2.28. The van der Waals surface area contributed by atoms with Crippen molar-refractivity contribution in [2.24, 2.45) is 0 Å². The van der Waals surface area contributed by atoms with Crippen molar-refractivity contribution < 1.29 is 9.53 Å². The van der Waals surface area contributed by atoms with Crippen LogP contribution in [-0.4, -0.2) is 38.3 Å². The van der Waals surface area contributed by atoms with E-state index in [0.717, 1.165) is 18.5 Å². The quantitative estimate of drug-likeness (QED) is 0.628. The summed E-state index contributed by atoms with van der Waals surface area (Å²) in [6, 6.07) is -0.112. The first kappa shape index (κ1) is 11.2. The van der Waals surface area contributed by atoms with Gasteiger partial charge in [0.25, 0.3) is 0 Å². The lowest BCUT2D eigenvalue weighted by Crippen LogP contribution is -2.40. The average molecular weight is 198 g/mol.